The van der Waals surface area contributed by atoms with Crippen LogP contribution in [0.5, 0.6) is 0 Å². The number of hydrogen-bond donors (Lipinski definition) is 2. The third kappa shape index (κ3) is 0.916. The maximum absolute atomic E-state index is 9.04. The number of hydrogen-bond acceptors (Lipinski definition) is 3. The Labute approximate surface area is 66.7 Å². The highest BCUT2D eigenvalue weighted by Crippen LogP contribution is 2.53. The molecule has 0 atom stereocenters. The van der Waals surface area contributed by atoms with Crippen LogP contribution in [0.25, 0.3) is 0 Å². The SMILES string of the molecule is COCC12CNC(CO)(C1)C2. The molecule has 11 heavy (non-hydrogen) atoms. The van der Waals surface area contributed by atoms with Crippen molar-refractivity contribution in [1.82, 2.24) is 5.32 Å². The molecular weight excluding hydrogens is 142 g/mol. The van der Waals surface area contributed by atoms with Gasteiger partial charge in [-0.1, -0.05) is 0 Å². The van der Waals surface area contributed by atoms with Crippen molar-refractivity contribution in [3.8, 4) is 0 Å². The molecule has 0 aromatic heterocycles. The molecule has 1 aliphatic carbocycles. The van der Waals surface area contributed by atoms with Crippen molar-refractivity contribution in [3.05, 3.63) is 0 Å². The molecule has 3 nitrogen and oxygen atoms in total. The van der Waals surface area contributed by atoms with Crippen molar-refractivity contribution in [3.63, 3.8) is 0 Å². The molecule has 2 N–H and O–H groups in total. The van der Waals surface area contributed by atoms with E-state index in [9.17, 15) is 0 Å². The molecule has 1 saturated carbocycles. The standard InChI is InChI=1S/C8H15NO2/c1-11-6-7-2-8(3-7,5-10)9-4-7/h9-10H,2-6H2,1H3. The van der Waals surface area contributed by atoms with Crippen molar-refractivity contribution in [2.24, 2.45) is 5.41 Å². The summed E-state index contributed by atoms with van der Waals surface area (Å²) in [5.41, 5.74) is 0.427. The van der Waals surface area contributed by atoms with E-state index >= 15 is 0 Å². The number of aliphatic hydroxyl groups is 1. The van der Waals surface area contributed by atoms with E-state index in [-0.39, 0.29) is 12.1 Å². The summed E-state index contributed by atoms with van der Waals surface area (Å²) in [7, 11) is 1.74. The summed E-state index contributed by atoms with van der Waals surface area (Å²) in [6.45, 7) is 2.13. The Hall–Kier alpha value is -0.120. The third-order valence-corrected chi connectivity index (χ3v) is 3.02. The van der Waals surface area contributed by atoms with E-state index in [1.807, 2.05) is 0 Å². The van der Waals surface area contributed by atoms with Gasteiger partial charge in [0.25, 0.3) is 0 Å². The van der Waals surface area contributed by atoms with Crippen LogP contribution in [-0.4, -0.2) is 37.5 Å². The lowest BCUT2D eigenvalue weighted by Gasteiger charge is -2.44. The minimum atomic E-state index is 0.0680. The molecule has 3 aliphatic rings. The first-order chi connectivity index (χ1) is 5.24. The van der Waals surface area contributed by atoms with Crippen LogP contribution in [0.2, 0.25) is 0 Å². The Bertz CT molecular complexity index is 163. The van der Waals surface area contributed by atoms with Crippen LogP contribution in [0.4, 0.5) is 0 Å². The predicted octanol–water partition coefficient (Wildman–Crippen LogP) is -0.253. The first kappa shape index (κ1) is 7.53. The molecule has 3 heteroatoms. The molecule has 3 rings (SSSR count). The Morgan fingerprint density at radius 1 is 1.55 bits per heavy atom. The number of nitrogens with one attached hydrogen (secondary N) is 1. The molecule has 64 valence electrons. The smallest absolute Gasteiger partial charge is 0.0613 e. The van der Waals surface area contributed by atoms with Crippen LogP contribution in [0.15, 0.2) is 0 Å². The maximum atomic E-state index is 9.04. The largest absolute Gasteiger partial charge is 0.394 e. The molecule has 0 spiro atoms. The number of aliphatic hydroxyl groups excluding tert-OH is 1. The molecule has 2 bridgehead atoms. The van der Waals surface area contributed by atoms with E-state index < -0.39 is 0 Å². The van der Waals surface area contributed by atoms with Gasteiger partial charge in [0.15, 0.2) is 0 Å². The van der Waals surface area contributed by atoms with E-state index in [1.165, 1.54) is 0 Å². The van der Waals surface area contributed by atoms with Crippen LogP contribution < -0.4 is 5.32 Å². The van der Waals surface area contributed by atoms with Crippen molar-refractivity contribution < 1.29 is 9.84 Å². The van der Waals surface area contributed by atoms with Crippen molar-refractivity contribution in [2.45, 2.75) is 18.4 Å². The third-order valence-electron chi connectivity index (χ3n) is 3.02. The highest BCUT2D eigenvalue weighted by molar-refractivity contribution is 5.16. The first-order valence-corrected chi connectivity index (χ1v) is 4.09. The van der Waals surface area contributed by atoms with Gasteiger partial charge in [-0.05, 0) is 12.8 Å². The molecule has 2 heterocycles. The lowest BCUT2D eigenvalue weighted by molar-refractivity contribution is -0.00347. The fourth-order valence-electron chi connectivity index (χ4n) is 2.64. The normalized spacial score (nSPS) is 47.5. The minimum absolute atomic E-state index is 0.0680. The molecule has 3 fully saturated rings. The van der Waals surface area contributed by atoms with Crippen LogP contribution in [0.1, 0.15) is 12.8 Å². The Kier molecular flexibility index (Phi) is 1.50. The molecular formula is C8H15NO2. The fourth-order valence-corrected chi connectivity index (χ4v) is 2.64. The summed E-state index contributed by atoms with van der Waals surface area (Å²) in [6.07, 6.45) is 2.18. The monoisotopic (exact) mass is 157 g/mol. The first-order valence-electron chi connectivity index (χ1n) is 4.09. The van der Waals surface area contributed by atoms with E-state index in [0.717, 1.165) is 26.0 Å². The zero-order chi connectivity index (χ0) is 7.95. The Morgan fingerprint density at radius 2 is 2.27 bits per heavy atom. The molecule has 2 saturated heterocycles. The Morgan fingerprint density at radius 3 is 2.73 bits per heavy atom. The molecule has 0 unspecified atom stereocenters. The number of rotatable bonds is 3. The molecule has 0 radical (unpaired) electrons. The second-order valence-electron chi connectivity index (χ2n) is 4.08. The lowest BCUT2D eigenvalue weighted by atomic mass is 9.63. The van der Waals surface area contributed by atoms with Crippen LogP contribution in [0, 0.1) is 5.41 Å². The molecule has 2 aliphatic heterocycles. The summed E-state index contributed by atoms with van der Waals surface area (Å²) in [6, 6.07) is 0. The maximum Gasteiger partial charge on any atom is 0.0613 e. The zero-order valence-corrected chi connectivity index (χ0v) is 6.89. The quantitative estimate of drug-likeness (QED) is 0.593. The highest BCUT2D eigenvalue weighted by Gasteiger charge is 2.60. The number of ether oxygens (including phenoxy) is 1. The van der Waals surface area contributed by atoms with E-state index in [4.69, 9.17) is 9.84 Å². The van der Waals surface area contributed by atoms with Gasteiger partial charge in [-0.15, -0.1) is 0 Å². The van der Waals surface area contributed by atoms with Crippen molar-refractivity contribution >= 4 is 0 Å². The molecule has 0 aromatic carbocycles. The van der Waals surface area contributed by atoms with E-state index in [1.54, 1.807) is 7.11 Å². The average molecular weight is 157 g/mol. The van der Waals surface area contributed by atoms with Crippen LogP contribution in [-0.2, 0) is 4.74 Å². The topological polar surface area (TPSA) is 41.5 Å². The second kappa shape index (κ2) is 2.19. The Balaban J connectivity index is 1.97. The van der Waals surface area contributed by atoms with Crippen LogP contribution >= 0.6 is 0 Å². The average Bonchev–Trinajstić information content (AvgIpc) is 2.43. The molecule has 0 aromatic rings. The minimum Gasteiger partial charge on any atom is -0.394 e. The molecule has 0 amide bonds. The summed E-state index contributed by atoms with van der Waals surface area (Å²) in [5, 5.41) is 12.4. The van der Waals surface area contributed by atoms with Gasteiger partial charge in [-0.2, -0.15) is 0 Å². The van der Waals surface area contributed by atoms with E-state index in [0.29, 0.717) is 5.41 Å². The lowest BCUT2D eigenvalue weighted by Crippen LogP contribution is -2.51. The van der Waals surface area contributed by atoms with Gasteiger partial charge in [0, 0.05) is 24.6 Å². The van der Waals surface area contributed by atoms with E-state index in [2.05, 4.69) is 5.32 Å². The van der Waals surface area contributed by atoms with Gasteiger partial charge in [0.2, 0.25) is 0 Å². The summed E-state index contributed by atoms with van der Waals surface area (Å²) >= 11 is 0. The zero-order valence-electron chi connectivity index (χ0n) is 6.89. The van der Waals surface area contributed by atoms with Gasteiger partial charge < -0.3 is 15.2 Å². The second-order valence-corrected chi connectivity index (χ2v) is 4.08. The number of methoxy groups -OCH3 is 1. The van der Waals surface area contributed by atoms with Crippen molar-refractivity contribution in [2.75, 3.05) is 26.9 Å². The van der Waals surface area contributed by atoms with Gasteiger partial charge in [-0.3, -0.25) is 0 Å². The van der Waals surface area contributed by atoms with Gasteiger partial charge in [0.1, 0.15) is 0 Å². The highest BCUT2D eigenvalue weighted by atomic mass is 16.5. The summed E-state index contributed by atoms with van der Waals surface area (Å²) in [4.78, 5) is 0. The summed E-state index contributed by atoms with van der Waals surface area (Å²) < 4.78 is 5.13. The summed E-state index contributed by atoms with van der Waals surface area (Å²) in [5.74, 6) is 0. The van der Waals surface area contributed by atoms with Gasteiger partial charge in [-0.25, -0.2) is 0 Å². The number of fused-ring (bicyclic) bond motifs is 1. The predicted molar refractivity (Wildman–Crippen MR) is 41.4 cm³/mol. The van der Waals surface area contributed by atoms with Gasteiger partial charge in [0.05, 0.1) is 13.2 Å². The van der Waals surface area contributed by atoms with Crippen molar-refractivity contribution in [1.29, 1.82) is 0 Å². The fraction of sp³-hybridized carbons (Fsp3) is 1.00. The van der Waals surface area contributed by atoms with Gasteiger partial charge >= 0.3 is 0 Å². The van der Waals surface area contributed by atoms with Crippen LogP contribution in [0.3, 0.4) is 0 Å².